The minimum Gasteiger partial charge on any atom is -0.326 e. The van der Waals surface area contributed by atoms with Crippen LogP contribution in [0.25, 0.3) is 0 Å². The van der Waals surface area contributed by atoms with Crippen molar-refractivity contribution >= 4 is 11.6 Å². The van der Waals surface area contributed by atoms with Crippen molar-refractivity contribution in [2.24, 2.45) is 11.8 Å². The summed E-state index contributed by atoms with van der Waals surface area (Å²) in [6.07, 6.45) is 4.80. The molecular weight excluding hydrogens is 210 g/mol. The fourth-order valence-corrected chi connectivity index (χ4v) is 2.03. The Morgan fingerprint density at radius 1 is 1.53 bits per heavy atom. The molecule has 0 saturated heterocycles. The van der Waals surface area contributed by atoms with Crippen LogP contribution >= 0.6 is 0 Å². The number of rotatable bonds is 5. The number of hydrogen-bond donors (Lipinski definition) is 1. The summed E-state index contributed by atoms with van der Waals surface area (Å²) in [6, 6.07) is 8.01. The predicted molar refractivity (Wildman–Crippen MR) is 70.9 cm³/mol. The van der Waals surface area contributed by atoms with E-state index in [4.69, 9.17) is 0 Å². The lowest BCUT2D eigenvalue weighted by Crippen LogP contribution is -2.15. The summed E-state index contributed by atoms with van der Waals surface area (Å²) in [5.74, 6) is 0.946. The molecule has 1 aliphatic rings. The average Bonchev–Trinajstić information content (AvgIpc) is 3.05. The van der Waals surface area contributed by atoms with Crippen LogP contribution in [0.4, 0.5) is 5.69 Å². The average molecular weight is 229 g/mol. The van der Waals surface area contributed by atoms with Gasteiger partial charge in [0.15, 0.2) is 0 Å². The molecule has 0 spiro atoms. The smallest absolute Gasteiger partial charge is 0.227 e. The highest BCUT2D eigenvalue weighted by Crippen LogP contribution is 2.38. The van der Waals surface area contributed by atoms with Crippen molar-refractivity contribution in [1.29, 1.82) is 0 Å². The van der Waals surface area contributed by atoms with Crippen molar-refractivity contribution < 1.29 is 4.79 Å². The lowest BCUT2D eigenvalue weighted by molar-refractivity contribution is -0.117. The van der Waals surface area contributed by atoms with E-state index in [1.807, 2.05) is 24.3 Å². The van der Waals surface area contributed by atoms with Gasteiger partial charge in [-0.05, 0) is 36.8 Å². The molecule has 17 heavy (non-hydrogen) atoms. The Labute approximate surface area is 103 Å². The third kappa shape index (κ3) is 2.96. The zero-order valence-corrected chi connectivity index (χ0v) is 10.3. The SMILES string of the molecule is C=CCCc1ccccc1NC(=O)[C@H]1C[C@H]1C. The van der Waals surface area contributed by atoms with Gasteiger partial charge in [0.25, 0.3) is 0 Å². The van der Waals surface area contributed by atoms with E-state index in [9.17, 15) is 4.79 Å². The Hall–Kier alpha value is -1.57. The summed E-state index contributed by atoms with van der Waals surface area (Å²) < 4.78 is 0. The summed E-state index contributed by atoms with van der Waals surface area (Å²) >= 11 is 0. The third-order valence-corrected chi connectivity index (χ3v) is 3.34. The van der Waals surface area contributed by atoms with E-state index in [0.717, 1.165) is 24.9 Å². The highest BCUT2D eigenvalue weighted by Gasteiger charge is 2.39. The molecule has 1 aromatic rings. The molecule has 0 heterocycles. The van der Waals surface area contributed by atoms with Crippen molar-refractivity contribution in [3.05, 3.63) is 42.5 Å². The summed E-state index contributed by atoms with van der Waals surface area (Å²) in [6.45, 7) is 5.85. The van der Waals surface area contributed by atoms with Crippen molar-refractivity contribution in [2.75, 3.05) is 5.32 Å². The highest BCUT2D eigenvalue weighted by atomic mass is 16.2. The van der Waals surface area contributed by atoms with Gasteiger partial charge in [0.1, 0.15) is 0 Å². The molecule has 1 aromatic carbocycles. The second-order valence-electron chi connectivity index (χ2n) is 4.79. The first-order valence-corrected chi connectivity index (χ1v) is 6.22. The molecule has 2 atom stereocenters. The first-order chi connectivity index (χ1) is 8.22. The largest absolute Gasteiger partial charge is 0.326 e. The predicted octanol–water partition coefficient (Wildman–Crippen LogP) is 3.40. The van der Waals surface area contributed by atoms with Crippen LogP contribution < -0.4 is 5.32 Å². The second-order valence-corrected chi connectivity index (χ2v) is 4.79. The van der Waals surface area contributed by atoms with E-state index in [2.05, 4.69) is 24.9 Å². The van der Waals surface area contributed by atoms with Gasteiger partial charge in [0.2, 0.25) is 5.91 Å². The number of benzene rings is 1. The topological polar surface area (TPSA) is 29.1 Å². The first kappa shape index (κ1) is 11.9. The van der Waals surface area contributed by atoms with Crippen LogP contribution in [0.5, 0.6) is 0 Å². The summed E-state index contributed by atoms with van der Waals surface area (Å²) in [5, 5.41) is 3.04. The van der Waals surface area contributed by atoms with Crippen LogP contribution in [-0.4, -0.2) is 5.91 Å². The number of amides is 1. The molecule has 2 heteroatoms. The first-order valence-electron chi connectivity index (χ1n) is 6.22. The van der Waals surface area contributed by atoms with Crippen LogP contribution in [0, 0.1) is 11.8 Å². The van der Waals surface area contributed by atoms with E-state index < -0.39 is 0 Å². The number of nitrogens with one attached hydrogen (secondary N) is 1. The van der Waals surface area contributed by atoms with Crippen molar-refractivity contribution in [1.82, 2.24) is 0 Å². The van der Waals surface area contributed by atoms with E-state index in [1.165, 1.54) is 5.56 Å². The fourth-order valence-electron chi connectivity index (χ4n) is 2.03. The van der Waals surface area contributed by atoms with Gasteiger partial charge < -0.3 is 5.32 Å². The third-order valence-electron chi connectivity index (χ3n) is 3.34. The number of carbonyl (C=O) groups is 1. The van der Waals surface area contributed by atoms with Gasteiger partial charge in [-0.25, -0.2) is 0 Å². The minimum absolute atomic E-state index is 0.170. The molecule has 0 unspecified atom stereocenters. The van der Waals surface area contributed by atoms with Crippen molar-refractivity contribution in [3.8, 4) is 0 Å². The lowest BCUT2D eigenvalue weighted by Gasteiger charge is -2.10. The number of hydrogen-bond acceptors (Lipinski definition) is 1. The van der Waals surface area contributed by atoms with Gasteiger partial charge in [-0.15, -0.1) is 6.58 Å². The zero-order chi connectivity index (χ0) is 12.3. The van der Waals surface area contributed by atoms with Crippen LogP contribution in [-0.2, 0) is 11.2 Å². The van der Waals surface area contributed by atoms with Crippen LogP contribution in [0.1, 0.15) is 25.3 Å². The quantitative estimate of drug-likeness (QED) is 0.770. The number of carbonyl (C=O) groups excluding carboxylic acids is 1. The van der Waals surface area contributed by atoms with E-state index in [0.29, 0.717) is 5.92 Å². The second kappa shape index (κ2) is 5.17. The summed E-state index contributed by atoms with van der Waals surface area (Å²) in [4.78, 5) is 11.9. The summed E-state index contributed by atoms with van der Waals surface area (Å²) in [5.41, 5.74) is 2.15. The van der Waals surface area contributed by atoms with Crippen molar-refractivity contribution in [2.45, 2.75) is 26.2 Å². The maximum atomic E-state index is 11.9. The van der Waals surface area contributed by atoms with E-state index in [1.54, 1.807) is 0 Å². The zero-order valence-electron chi connectivity index (χ0n) is 10.3. The molecule has 1 N–H and O–H groups in total. The van der Waals surface area contributed by atoms with Crippen LogP contribution in [0.2, 0.25) is 0 Å². The van der Waals surface area contributed by atoms with Crippen LogP contribution in [0.15, 0.2) is 36.9 Å². The van der Waals surface area contributed by atoms with Gasteiger partial charge in [0, 0.05) is 11.6 Å². The molecule has 0 aliphatic heterocycles. The molecule has 0 aromatic heterocycles. The number of aryl methyl sites for hydroxylation is 1. The van der Waals surface area contributed by atoms with Gasteiger partial charge >= 0.3 is 0 Å². The lowest BCUT2D eigenvalue weighted by atomic mass is 10.1. The normalized spacial score (nSPS) is 21.9. The Morgan fingerprint density at radius 2 is 2.24 bits per heavy atom. The monoisotopic (exact) mass is 229 g/mol. The molecule has 2 rings (SSSR count). The molecule has 2 nitrogen and oxygen atoms in total. The molecule has 90 valence electrons. The van der Waals surface area contributed by atoms with Crippen LogP contribution in [0.3, 0.4) is 0 Å². The molecular formula is C15H19NO. The van der Waals surface area contributed by atoms with Gasteiger partial charge in [-0.1, -0.05) is 31.2 Å². The Balaban J connectivity index is 2.03. The molecule has 0 bridgehead atoms. The van der Waals surface area contributed by atoms with Gasteiger partial charge in [-0.3, -0.25) is 4.79 Å². The molecule has 1 aliphatic carbocycles. The Kier molecular flexibility index (Phi) is 3.62. The van der Waals surface area contributed by atoms with Gasteiger partial charge in [0.05, 0.1) is 0 Å². The van der Waals surface area contributed by atoms with Gasteiger partial charge in [-0.2, -0.15) is 0 Å². The Morgan fingerprint density at radius 3 is 2.88 bits per heavy atom. The number of allylic oxidation sites excluding steroid dienone is 1. The maximum absolute atomic E-state index is 11.9. The maximum Gasteiger partial charge on any atom is 0.227 e. The molecule has 0 radical (unpaired) electrons. The molecule has 1 amide bonds. The van der Waals surface area contributed by atoms with Crippen molar-refractivity contribution in [3.63, 3.8) is 0 Å². The summed E-state index contributed by atoms with van der Waals surface area (Å²) in [7, 11) is 0. The van der Waals surface area contributed by atoms with E-state index in [-0.39, 0.29) is 11.8 Å². The number of para-hydroxylation sites is 1. The molecule has 1 saturated carbocycles. The highest BCUT2D eigenvalue weighted by molar-refractivity contribution is 5.95. The fraction of sp³-hybridized carbons (Fsp3) is 0.400. The van der Waals surface area contributed by atoms with E-state index >= 15 is 0 Å². The molecule has 1 fully saturated rings. The minimum atomic E-state index is 0.170. The number of anilines is 1. The standard InChI is InChI=1S/C15H19NO/c1-3-4-7-12-8-5-6-9-14(12)16-15(17)13-10-11(13)2/h3,5-6,8-9,11,13H,1,4,7,10H2,2H3,(H,16,17)/t11-,13+/m1/s1. The Bertz CT molecular complexity index is 425.